The van der Waals surface area contributed by atoms with E-state index in [-0.39, 0.29) is 17.2 Å². The van der Waals surface area contributed by atoms with Gasteiger partial charge in [0.15, 0.2) is 0 Å². The van der Waals surface area contributed by atoms with Crippen molar-refractivity contribution in [3.63, 3.8) is 0 Å². The number of aromatic nitrogens is 2. The van der Waals surface area contributed by atoms with Gasteiger partial charge in [-0.1, -0.05) is 0 Å². The van der Waals surface area contributed by atoms with Crippen molar-refractivity contribution in [2.45, 2.75) is 27.3 Å². The average Bonchev–Trinajstić information content (AvgIpc) is 2.88. The molecule has 0 saturated carbocycles. The molecule has 0 aliphatic carbocycles. The summed E-state index contributed by atoms with van der Waals surface area (Å²) in [5.74, 6) is -0.139. The zero-order chi connectivity index (χ0) is 17.4. The number of carbonyl (C=O) groups excluding carboxylic acids is 1. The predicted octanol–water partition coefficient (Wildman–Crippen LogP) is 3.05. The summed E-state index contributed by atoms with van der Waals surface area (Å²) < 4.78 is 1.52. The largest absolute Gasteiger partial charge is 0.508 e. The van der Waals surface area contributed by atoms with E-state index in [9.17, 15) is 14.7 Å². The first-order valence-electron chi connectivity index (χ1n) is 7.52. The van der Waals surface area contributed by atoms with E-state index in [4.69, 9.17) is 0 Å². The SMILES string of the molecule is CCn1cnc2sc(C(=O)Nc3ccc(O)cc3C)c(C)c2c1=O. The Morgan fingerprint density at radius 3 is 2.79 bits per heavy atom. The van der Waals surface area contributed by atoms with Gasteiger partial charge in [-0.2, -0.15) is 0 Å². The van der Waals surface area contributed by atoms with Crippen LogP contribution in [-0.4, -0.2) is 20.6 Å². The number of hydrogen-bond acceptors (Lipinski definition) is 5. The lowest BCUT2D eigenvalue weighted by atomic mass is 10.1. The number of aromatic hydroxyl groups is 1. The molecule has 0 radical (unpaired) electrons. The number of hydrogen-bond donors (Lipinski definition) is 2. The van der Waals surface area contributed by atoms with Gasteiger partial charge in [-0.3, -0.25) is 14.2 Å². The van der Waals surface area contributed by atoms with Crippen molar-refractivity contribution in [1.82, 2.24) is 9.55 Å². The molecule has 0 saturated heterocycles. The molecular weight excluding hydrogens is 326 g/mol. The quantitative estimate of drug-likeness (QED) is 0.716. The van der Waals surface area contributed by atoms with Crippen LogP contribution in [0.2, 0.25) is 0 Å². The molecule has 2 aromatic heterocycles. The molecule has 0 bridgehead atoms. The van der Waals surface area contributed by atoms with E-state index in [1.807, 2.05) is 6.92 Å². The second kappa shape index (κ2) is 6.09. The van der Waals surface area contributed by atoms with Crippen LogP contribution >= 0.6 is 11.3 Å². The molecule has 0 aliphatic rings. The molecule has 2 N–H and O–H groups in total. The van der Waals surface area contributed by atoms with Crippen LogP contribution in [0.1, 0.15) is 27.7 Å². The Labute approximate surface area is 142 Å². The van der Waals surface area contributed by atoms with E-state index >= 15 is 0 Å². The summed E-state index contributed by atoms with van der Waals surface area (Å²) in [7, 11) is 0. The first-order valence-corrected chi connectivity index (χ1v) is 8.33. The number of anilines is 1. The summed E-state index contributed by atoms with van der Waals surface area (Å²) in [6, 6.07) is 4.74. The summed E-state index contributed by atoms with van der Waals surface area (Å²) in [5.41, 5.74) is 1.89. The van der Waals surface area contributed by atoms with Gasteiger partial charge in [0.05, 0.1) is 16.6 Å². The number of thiophene rings is 1. The Balaban J connectivity index is 2.03. The van der Waals surface area contributed by atoms with Crippen LogP contribution in [0.3, 0.4) is 0 Å². The van der Waals surface area contributed by atoms with Crippen molar-refractivity contribution in [2.75, 3.05) is 5.32 Å². The molecule has 2 heterocycles. The van der Waals surface area contributed by atoms with Crippen LogP contribution in [0, 0.1) is 13.8 Å². The van der Waals surface area contributed by atoms with Crippen LogP contribution in [0.15, 0.2) is 29.3 Å². The Hall–Kier alpha value is -2.67. The number of aryl methyl sites for hydroxylation is 3. The second-order valence-electron chi connectivity index (χ2n) is 5.53. The Morgan fingerprint density at radius 1 is 1.38 bits per heavy atom. The maximum Gasteiger partial charge on any atom is 0.266 e. The summed E-state index contributed by atoms with van der Waals surface area (Å²) in [5, 5.41) is 12.8. The first-order chi connectivity index (χ1) is 11.4. The smallest absolute Gasteiger partial charge is 0.266 e. The van der Waals surface area contributed by atoms with Gasteiger partial charge >= 0.3 is 0 Å². The third-order valence-corrected chi connectivity index (χ3v) is 5.12. The Bertz CT molecular complexity index is 1000. The zero-order valence-corrected chi connectivity index (χ0v) is 14.4. The minimum atomic E-state index is -0.285. The summed E-state index contributed by atoms with van der Waals surface area (Å²) >= 11 is 1.21. The first kappa shape index (κ1) is 16.2. The standard InChI is InChI=1S/C17H17N3O3S/c1-4-20-8-18-16-13(17(20)23)10(3)14(24-16)15(22)19-12-6-5-11(21)7-9(12)2/h5-8,21H,4H2,1-3H3,(H,19,22). The van der Waals surface area contributed by atoms with Gasteiger partial charge in [-0.05, 0) is 50.1 Å². The van der Waals surface area contributed by atoms with Crippen molar-refractivity contribution >= 4 is 33.1 Å². The minimum Gasteiger partial charge on any atom is -0.508 e. The van der Waals surface area contributed by atoms with E-state index in [1.54, 1.807) is 26.0 Å². The summed E-state index contributed by atoms with van der Waals surface area (Å²) in [6.45, 7) is 5.97. The lowest BCUT2D eigenvalue weighted by Crippen LogP contribution is -2.19. The van der Waals surface area contributed by atoms with Gasteiger partial charge in [-0.15, -0.1) is 11.3 Å². The number of benzene rings is 1. The van der Waals surface area contributed by atoms with Crippen molar-refractivity contribution in [3.8, 4) is 5.75 Å². The predicted molar refractivity (Wildman–Crippen MR) is 95.1 cm³/mol. The molecule has 0 atom stereocenters. The van der Waals surface area contributed by atoms with Crippen molar-refractivity contribution < 1.29 is 9.90 Å². The van der Waals surface area contributed by atoms with Gasteiger partial charge < -0.3 is 10.4 Å². The third kappa shape index (κ3) is 2.67. The number of rotatable bonds is 3. The van der Waals surface area contributed by atoms with E-state index < -0.39 is 0 Å². The molecule has 0 unspecified atom stereocenters. The lowest BCUT2D eigenvalue weighted by Gasteiger charge is -2.08. The van der Waals surface area contributed by atoms with Crippen LogP contribution in [0.4, 0.5) is 5.69 Å². The highest BCUT2D eigenvalue weighted by Gasteiger charge is 2.19. The van der Waals surface area contributed by atoms with E-state index in [2.05, 4.69) is 10.3 Å². The molecule has 1 amide bonds. The summed E-state index contributed by atoms with van der Waals surface area (Å²) in [6.07, 6.45) is 1.51. The second-order valence-corrected chi connectivity index (χ2v) is 6.52. The van der Waals surface area contributed by atoms with Gasteiger partial charge in [-0.25, -0.2) is 4.98 Å². The molecule has 6 nitrogen and oxygen atoms in total. The highest BCUT2D eigenvalue weighted by atomic mass is 32.1. The topological polar surface area (TPSA) is 84.2 Å². The number of phenolic OH excluding ortho intramolecular Hbond substituents is 1. The van der Waals surface area contributed by atoms with Gasteiger partial charge in [0.25, 0.3) is 11.5 Å². The number of amides is 1. The average molecular weight is 343 g/mol. The Morgan fingerprint density at radius 2 is 2.12 bits per heavy atom. The zero-order valence-electron chi connectivity index (χ0n) is 13.6. The van der Waals surface area contributed by atoms with E-state index in [0.29, 0.717) is 32.9 Å². The monoisotopic (exact) mass is 343 g/mol. The third-order valence-electron chi connectivity index (χ3n) is 3.92. The molecule has 0 aliphatic heterocycles. The fourth-order valence-corrected chi connectivity index (χ4v) is 3.60. The molecule has 3 rings (SSSR count). The fourth-order valence-electron chi connectivity index (χ4n) is 2.57. The van der Waals surface area contributed by atoms with Crippen molar-refractivity contribution in [2.24, 2.45) is 0 Å². The van der Waals surface area contributed by atoms with Crippen molar-refractivity contribution in [1.29, 1.82) is 0 Å². The molecule has 3 aromatic rings. The molecule has 7 heteroatoms. The number of fused-ring (bicyclic) bond motifs is 1. The molecule has 1 aromatic carbocycles. The van der Waals surface area contributed by atoms with Crippen LogP contribution in [0.25, 0.3) is 10.2 Å². The highest BCUT2D eigenvalue weighted by molar-refractivity contribution is 7.20. The van der Waals surface area contributed by atoms with Gasteiger partial charge in [0, 0.05) is 12.2 Å². The number of nitrogens with zero attached hydrogens (tertiary/aromatic N) is 2. The van der Waals surface area contributed by atoms with Crippen LogP contribution in [-0.2, 0) is 6.54 Å². The minimum absolute atomic E-state index is 0.129. The molecular formula is C17H17N3O3S. The summed E-state index contributed by atoms with van der Waals surface area (Å²) in [4.78, 5) is 30.4. The Kier molecular flexibility index (Phi) is 4.11. The molecule has 24 heavy (non-hydrogen) atoms. The van der Waals surface area contributed by atoms with Crippen LogP contribution in [0.5, 0.6) is 5.75 Å². The highest BCUT2D eigenvalue weighted by Crippen LogP contribution is 2.28. The molecule has 0 fully saturated rings. The maximum atomic E-state index is 12.6. The number of carbonyl (C=O) groups is 1. The van der Waals surface area contributed by atoms with E-state index in [1.165, 1.54) is 28.3 Å². The maximum absolute atomic E-state index is 12.6. The van der Waals surface area contributed by atoms with E-state index in [0.717, 1.165) is 5.56 Å². The van der Waals surface area contributed by atoms with Gasteiger partial charge in [0.1, 0.15) is 10.6 Å². The normalized spacial score (nSPS) is 11.0. The number of phenols is 1. The molecule has 0 spiro atoms. The van der Waals surface area contributed by atoms with Crippen LogP contribution < -0.4 is 10.9 Å². The lowest BCUT2D eigenvalue weighted by molar-refractivity contribution is 0.103. The van der Waals surface area contributed by atoms with Gasteiger partial charge in [0.2, 0.25) is 0 Å². The fraction of sp³-hybridized carbons (Fsp3) is 0.235. The van der Waals surface area contributed by atoms with Crippen molar-refractivity contribution in [3.05, 3.63) is 50.9 Å². The molecule has 124 valence electrons. The number of nitrogens with one attached hydrogen (secondary N) is 1.